The molecule has 42 heavy (non-hydrogen) atoms. The van der Waals surface area contributed by atoms with E-state index in [2.05, 4.69) is 10.1 Å². The van der Waals surface area contributed by atoms with Gasteiger partial charge in [0, 0.05) is 38.1 Å². The molecule has 0 aliphatic carbocycles. The summed E-state index contributed by atoms with van der Waals surface area (Å²) < 4.78 is 52.3. The van der Waals surface area contributed by atoms with Gasteiger partial charge in [0.25, 0.3) is 5.56 Å². The number of hydrogen-bond acceptors (Lipinski definition) is 6. The molecule has 11 nitrogen and oxygen atoms in total. The number of rotatable bonds is 9. The summed E-state index contributed by atoms with van der Waals surface area (Å²) in [5.41, 5.74) is 0.191. The molecule has 4 aromatic heterocycles. The highest BCUT2D eigenvalue weighted by molar-refractivity contribution is 5.87. The minimum atomic E-state index is -4.47. The highest BCUT2D eigenvalue weighted by Crippen LogP contribution is 2.30. The predicted octanol–water partition coefficient (Wildman–Crippen LogP) is 3.87. The Morgan fingerprint density at radius 2 is 1.83 bits per heavy atom. The van der Waals surface area contributed by atoms with Gasteiger partial charge in [0.15, 0.2) is 12.4 Å². The van der Waals surface area contributed by atoms with E-state index >= 15 is 0 Å². The van der Waals surface area contributed by atoms with Crippen molar-refractivity contribution in [2.24, 2.45) is 7.05 Å². The van der Waals surface area contributed by atoms with Crippen LogP contribution in [0.15, 0.2) is 64.8 Å². The second-order valence-corrected chi connectivity index (χ2v) is 9.79. The van der Waals surface area contributed by atoms with Crippen LogP contribution in [0.3, 0.4) is 0 Å². The fourth-order valence-electron chi connectivity index (χ4n) is 4.86. The summed E-state index contributed by atoms with van der Waals surface area (Å²) in [5, 5.41) is 4.32. The zero-order valence-corrected chi connectivity index (χ0v) is 23.1. The quantitative estimate of drug-likeness (QED) is 0.244. The molecule has 0 unspecified atom stereocenters. The number of nitrogens with zero attached hydrogens (tertiary/aromatic N) is 7. The van der Waals surface area contributed by atoms with E-state index in [1.807, 2.05) is 6.92 Å². The van der Waals surface area contributed by atoms with E-state index in [9.17, 15) is 27.6 Å². The van der Waals surface area contributed by atoms with Crippen LogP contribution in [0.1, 0.15) is 41.9 Å². The SMILES string of the molecule is CCCn1c(=O)c2c(cc(-c3cnn(Cc4cccc(C(F)(F)F)c4)c3)n2COC(=O)c2cn(C)cn2)n(CC)c1=O. The van der Waals surface area contributed by atoms with Gasteiger partial charge < -0.3 is 13.9 Å². The lowest BCUT2D eigenvalue weighted by Gasteiger charge is -2.13. The lowest BCUT2D eigenvalue weighted by atomic mass is 10.1. The van der Waals surface area contributed by atoms with Crippen molar-refractivity contribution in [1.29, 1.82) is 0 Å². The first kappa shape index (κ1) is 28.6. The monoisotopic (exact) mass is 583 g/mol. The first-order valence-corrected chi connectivity index (χ1v) is 13.2. The van der Waals surface area contributed by atoms with Gasteiger partial charge >= 0.3 is 17.8 Å². The second-order valence-electron chi connectivity index (χ2n) is 9.79. The maximum absolute atomic E-state index is 13.6. The minimum Gasteiger partial charge on any atom is -0.439 e. The Morgan fingerprint density at radius 3 is 2.50 bits per heavy atom. The second kappa shape index (κ2) is 11.2. The van der Waals surface area contributed by atoms with Crippen molar-refractivity contribution in [1.82, 2.24) is 33.0 Å². The van der Waals surface area contributed by atoms with Gasteiger partial charge in [-0.3, -0.25) is 18.6 Å². The van der Waals surface area contributed by atoms with Crippen LogP contribution in [0.25, 0.3) is 22.3 Å². The third-order valence-electron chi connectivity index (χ3n) is 6.81. The Balaban J connectivity index is 1.59. The molecule has 0 atom stereocenters. The van der Waals surface area contributed by atoms with E-state index in [1.165, 1.54) is 38.6 Å². The average Bonchev–Trinajstić information content (AvgIpc) is 3.68. The Kier molecular flexibility index (Phi) is 7.63. The van der Waals surface area contributed by atoms with Crippen molar-refractivity contribution in [2.45, 2.75) is 52.8 Å². The largest absolute Gasteiger partial charge is 0.439 e. The number of aryl methyl sites for hydroxylation is 2. The van der Waals surface area contributed by atoms with E-state index < -0.39 is 29.0 Å². The molecule has 5 rings (SSSR count). The number of ether oxygens (including phenoxy) is 1. The van der Waals surface area contributed by atoms with Crippen LogP contribution in [0.5, 0.6) is 0 Å². The van der Waals surface area contributed by atoms with Gasteiger partial charge in [-0.05, 0) is 37.1 Å². The molecule has 220 valence electrons. The van der Waals surface area contributed by atoms with Gasteiger partial charge in [-0.15, -0.1) is 0 Å². The van der Waals surface area contributed by atoms with E-state index in [0.717, 1.165) is 16.7 Å². The van der Waals surface area contributed by atoms with Gasteiger partial charge in [0.1, 0.15) is 5.52 Å². The van der Waals surface area contributed by atoms with Crippen molar-refractivity contribution in [2.75, 3.05) is 0 Å². The molecule has 0 fully saturated rings. The molecular formula is C28H28F3N7O4. The number of esters is 1. The lowest BCUT2D eigenvalue weighted by molar-refractivity contribution is -0.137. The number of imidazole rings is 1. The van der Waals surface area contributed by atoms with Crippen LogP contribution in [0, 0.1) is 0 Å². The first-order valence-electron chi connectivity index (χ1n) is 13.2. The van der Waals surface area contributed by atoms with E-state index in [-0.39, 0.29) is 37.6 Å². The van der Waals surface area contributed by atoms with Gasteiger partial charge in [0.2, 0.25) is 0 Å². The summed E-state index contributed by atoms with van der Waals surface area (Å²) in [6.45, 7) is 3.82. The fraction of sp³-hybridized carbons (Fsp3) is 0.321. The van der Waals surface area contributed by atoms with Crippen molar-refractivity contribution in [3.8, 4) is 11.3 Å². The molecule has 4 heterocycles. The van der Waals surface area contributed by atoms with Gasteiger partial charge in [-0.25, -0.2) is 14.6 Å². The number of benzene rings is 1. The summed E-state index contributed by atoms with van der Waals surface area (Å²) in [5.74, 6) is -0.707. The summed E-state index contributed by atoms with van der Waals surface area (Å²) in [6, 6.07) is 6.62. The number of carbonyl (C=O) groups is 1. The normalized spacial score (nSPS) is 11.9. The van der Waals surface area contributed by atoms with Crippen molar-refractivity contribution in [3.63, 3.8) is 0 Å². The molecule has 14 heteroatoms. The number of halogens is 3. The zero-order chi connectivity index (χ0) is 30.2. The number of carbonyl (C=O) groups excluding carboxylic acids is 1. The predicted molar refractivity (Wildman–Crippen MR) is 147 cm³/mol. The van der Waals surface area contributed by atoms with E-state index in [1.54, 1.807) is 36.9 Å². The number of hydrogen-bond donors (Lipinski definition) is 0. The maximum Gasteiger partial charge on any atom is 0.416 e. The summed E-state index contributed by atoms with van der Waals surface area (Å²) in [4.78, 5) is 43.5. The molecule has 0 saturated carbocycles. The smallest absolute Gasteiger partial charge is 0.416 e. The topological polar surface area (TPSA) is 111 Å². The van der Waals surface area contributed by atoms with Gasteiger partial charge in [-0.2, -0.15) is 18.3 Å². The molecule has 0 aliphatic heterocycles. The van der Waals surface area contributed by atoms with Crippen LogP contribution in [-0.2, 0) is 44.3 Å². The first-order chi connectivity index (χ1) is 20.0. The van der Waals surface area contributed by atoms with Gasteiger partial charge in [-0.1, -0.05) is 19.1 Å². The molecule has 0 N–H and O–H groups in total. The Bertz CT molecular complexity index is 1890. The highest BCUT2D eigenvalue weighted by atomic mass is 19.4. The Labute approximate surface area is 237 Å². The van der Waals surface area contributed by atoms with Gasteiger partial charge in [0.05, 0.1) is 35.8 Å². The minimum absolute atomic E-state index is 0.0573. The molecule has 0 spiro atoms. The van der Waals surface area contributed by atoms with E-state index in [0.29, 0.717) is 28.8 Å². The van der Waals surface area contributed by atoms with Crippen molar-refractivity contribution >= 4 is 17.0 Å². The third kappa shape index (κ3) is 5.39. The van der Waals surface area contributed by atoms with Crippen LogP contribution in [0.2, 0.25) is 0 Å². The number of aromatic nitrogens is 7. The Morgan fingerprint density at radius 1 is 1.05 bits per heavy atom. The molecule has 0 saturated heterocycles. The maximum atomic E-state index is 13.6. The molecule has 0 aliphatic rings. The molecule has 0 amide bonds. The molecule has 1 aromatic carbocycles. The third-order valence-corrected chi connectivity index (χ3v) is 6.81. The lowest BCUT2D eigenvalue weighted by Crippen LogP contribution is -2.40. The van der Waals surface area contributed by atoms with E-state index in [4.69, 9.17) is 4.74 Å². The van der Waals surface area contributed by atoms with Crippen molar-refractivity contribution in [3.05, 3.63) is 92.9 Å². The Hall–Kier alpha value is -4.88. The van der Waals surface area contributed by atoms with Crippen molar-refractivity contribution < 1.29 is 22.7 Å². The standard InChI is InChI=1S/C28H28F3N7O4/c1-4-9-37-25(39)24-23(36(5-2)27(37)41)11-22(38(24)17-42-26(40)21-15-34(3)16-32-21)19-12-33-35(14-19)13-18-7-6-8-20(10-18)28(29,30)31/h6-8,10-12,14-16H,4-5,9,13,17H2,1-3H3. The molecule has 0 bridgehead atoms. The van der Waals surface area contributed by atoms with Crippen LogP contribution < -0.4 is 11.2 Å². The summed E-state index contributed by atoms with van der Waals surface area (Å²) in [6.07, 6.45) is 2.14. The molecule has 5 aromatic rings. The fourth-order valence-corrected chi connectivity index (χ4v) is 4.86. The highest BCUT2D eigenvalue weighted by Gasteiger charge is 2.30. The summed E-state index contributed by atoms with van der Waals surface area (Å²) in [7, 11) is 1.71. The molecule has 0 radical (unpaired) electrons. The number of fused-ring (bicyclic) bond motifs is 1. The van der Waals surface area contributed by atoms with Crippen LogP contribution in [-0.4, -0.2) is 39.0 Å². The zero-order valence-electron chi connectivity index (χ0n) is 23.1. The average molecular weight is 584 g/mol. The van der Waals surface area contributed by atoms with Crippen LogP contribution in [0.4, 0.5) is 13.2 Å². The number of alkyl halides is 3. The van der Waals surface area contributed by atoms with Crippen LogP contribution >= 0.6 is 0 Å². The summed E-state index contributed by atoms with van der Waals surface area (Å²) >= 11 is 0. The molecular weight excluding hydrogens is 555 g/mol.